The normalized spacial score (nSPS) is 11.1. The van der Waals surface area contributed by atoms with Crippen molar-refractivity contribution in [1.29, 1.82) is 0 Å². The van der Waals surface area contributed by atoms with Gasteiger partial charge in [-0.1, -0.05) is 18.2 Å². The summed E-state index contributed by atoms with van der Waals surface area (Å²) in [6.45, 7) is 0.126. The third kappa shape index (κ3) is 4.93. The summed E-state index contributed by atoms with van der Waals surface area (Å²) < 4.78 is 26.5. The standard InChI is InChI=1S/C11H14O4S/c1-16(13,14)9-5-8-15-11(12)10-6-3-2-4-7-10/h2-4,6-7H,5,8-9H2,1H3. The van der Waals surface area contributed by atoms with Gasteiger partial charge in [0.2, 0.25) is 0 Å². The number of rotatable bonds is 5. The van der Waals surface area contributed by atoms with Gasteiger partial charge in [-0.05, 0) is 18.6 Å². The fraction of sp³-hybridized carbons (Fsp3) is 0.364. The number of hydrogen-bond donors (Lipinski definition) is 0. The van der Waals surface area contributed by atoms with Gasteiger partial charge in [0.25, 0.3) is 0 Å². The smallest absolute Gasteiger partial charge is 0.338 e. The fourth-order valence-corrected chi connectivity index (χ4v) is 1.79. The van der Waals surface area contributed by atoms with Crippen LogP contribution in [0.5, 0.6) is 0 Å². The van der Waals surface area contributed by atoms with Crippen molar-refractivity contribution < 1.29 is 17.9 Å². The second-order valence-corrected chi connectivity index (χ2v) is 5.75. The molecule has 1 aromatic rings. The SMILES string of the molecule is CS(=O)(=O)CCCOC(=O)c1ccccc1. The molecule has 0 aromatic heterocycles. The van der Waals surface area contributed by atoms with Gasteiger partial charge in [-0.3, -0.25) is 0 Å². The Labute approximate surface area is 95.2 Å². The molecule has 1 rings (SSSR count). The average molecular weight is 242 g/mol. The number of ether oxygens (including phenoxy) is 1. The van der Waals surface area contributed by atoms with Gasteiger partial charge < -0.3 is 4.74 Å². The summed E-state index contributed by atoms with van der Waals surface area (Å²) in [5, 5.41) is 0. The first-order valence-electron chi connectivity index (χ1n) is 4.89. The number of carbonyl (C=O) groups is 1. The van der Waals surface area contributed by atoms with Crippen molar-refractivity contribution in [2.45, 2.75) is 6.42 Å². The molecule has 4 nitrogen and oxygen atoms in total. The topological polar surface area (TPSA) is 60.4 Å². The highest BCUT2D eigenvalue weighted by Crippen LogP contribution is 2.01. The number of hydrogen-bond acceptors (Lipinski definition) is 4. The van der Waals surface area contributed by atoms with Gasteiger partial charge in [-0.25, -0.2) is 13.2 Å². The van der Waals surface area contributed by atoms with Crippen molar-refractivity contribution in [2.24, 2.45) is 0 Å². The van der Waals surface area contributed by atoms with Crippen LogP contribution in [0.1, 0.15) is 16.8 Å². The molecule has 0 N–H and O–H groups in total. The van der Waals surface area contributed by atoms with E-state index in [1.54, 1.807) is 30.3 Å². The summed E-state index contributed by atoms with van der Waals surface area (Å²) in [7, 11) is -2.98. The van der Waals surface area contributed by atoms with Gasteiger partial charge in [-0.2, -0.15) is 0 Å². The molecule has 0 aliphatic carbocycles. The molecular formula is C11H14O4S. The zero-order valence-corrected chi connectivity index (χ0v) is 9.87. The second-order valence-electron chi connectivity index (χ2n) is 3.49. The number of sulfone groups is 1. The molecule has 0 fully saturated rings. The summed E-state index contributed by atoms with van der Waals surface area (Å²) >= 11 is 0. The maximum Gasteiger partial charge on any atom is 0.338 e. The zero-order valence-electron chi connectivity index (χ0n) is 9.05. The van der Waals surface area contributed by atoms with E-state index in [9.17, 15) is 13.2 Å². The average Bonchev–Trinajstić information content (AvgIpc) is 2.24. The molecule has 0 aliphatic rings. The Morgan fingerprint density at radius 2 is 1.88 bits per heavy atom. The lowest BCUT2D eigenvalue weighted by Gasteiger charge is -2.03. The van der Waals surface area contributed by atoms with E-state index < -0.39 is 15.8 Å². The van der Waals surface area contributed by atoms with Crippen LogP contribution in [-0.2, 0) is 14.6 Å². The first-order valence-corrected chi connectivity index (χ1v) is 6.95. The summed E-state index contributed by atoms with van der Waals surface area (Å²) in [4.78, 5) is 11.4. The lowest BCUT2D eigenvalue weighted by atomic mass is 10.2. The van der Waals surface area contributed by atoms with Crippen LogP contribution in [0.25, 0.3) is 0 Å². The predicted molar refractivity (Wildman–Crippen MR) is 61.1 cm³/mol. The highest BCUT2D eigenvalue weighted by molar-refractivity contribution is 7.90. The van der Waals surface area contributed by atoms with E-state index in [0.717, 1.165) is 6.26 Å². The first kappa shape index (κ1) is 12.7. The summed E-state index contributed by atoms with van der Waals surface area (Å²) in [5.41, 5.74) is 0.474. The lowest BCUT2D eigenvalue weighted by Crippen LogP contribution is -2.10. The largest absolute Gasteiger partial charge is 0.462 e. The van der Waals surface area contributed by atoms with E-state index in [0.29, 0.717) is 12.0 Å². The lowest BCUT2D eigenvalue weighted by molar-refractivity contribution is 0.0505. The van der Waals surface area contributed by atoms with Crippen LogP contribution in [0.15, 0.2) is 30.3 Å². The number of benzene rings is 1. The molecule has 0 amide bonds. The minimum atomic E-state index is -2.98. The highest BCUT2D eigenvalue weighted by atomic mass is 32.2. The van der Waals surface area contributed by atoms with E-state index in [1.165, 1.54) is 0 Å². The molecule has 1 aromatic carbocycles. The van der Waals surface area contributed by atoms with E-state index in [-0.39, 0.29) is 12.4 Å². The van der Waals surface area contributed by atoms with Gasteiger partial charge in [0, 0.05) is 6.26 Å². The Kier molecular flexibility index (Phi) is 4.49. The summed E-state index contributed by atoms with van der Waals surface area (Å²) in [6.07, 6.45) is 1.49. The molecular weight excluding hydrogens is 228 g/mol. The minimum Gasteiger partial charge on any atom is -0.462 e. The predicted octanol–water partition coefficient (Wildman–Crippen LogP) is 1.28. The van der Waals surface area contributed by atoms with Crippen LogP contribution in [0.3, 0.4) is 0 Å². The Bertz CT molecular complexity index is 436. The van der Waals surface area contributed by atoms with Crippen molar-refractivity contribution in [3.05, 3.63) is 35.9 Å². The van der Waals surface area contributed by atoms with Gasteiger partial charge in [-0.15, -0.1) is 0 Å². The van der Waals surface area contributed by atoms with Crippen molar-refractivity contribution in [1.82, 2.24) is 0 Å². The first-order chi connectivity index (χ1) is 7.49. The number of carbonyl (C=O) groups excluding carboxylic acids is 1. The van der Waals surface area contributed by atoms with E-state index in [2.05, 4.69) is 0 Å². The van der Waals surface area contributed by atoms with Crippen molar-refractivity contribution in [3.63, 3.8) is 0 Å². The molecule has 0 saturated carbocycles. The minimum absolute atomic E-state index is 0.0368. The van der Waals surface area contributed by atoms with Gasteiger partial charge in [0.1, 0.15) is 9.84 Å². The Hall–Kier alpha value is -1.36. The Morgan fingerprint density at radius 1 is 1.25 bits per heavy atom. The van der Waals surface area contributed by atoms with Crippen molar-refractivity contribution in [3.8, 4) is 0 Å². The summed E-state index contributed by atoms with van der Waals surface area (Å²) in [5.74, 6) is -0.385. The Balaban J connectivity index is 2.32. The van der Waals surface area contributed by atoms with Crippen LogP contribution in [0.2, 0.25) is 0 Å². The Morgan fingerprint density at radius 3 is 2.44 bits per heavy atom. The van der Waals surface area contributed by atoms with Gasteiger partial charge in [0.05, 0.1) is 17.9 Å². The molecule has 5 heteroatoms. The van der Waals surface area contributed by atoms with Gasteiger partial charge >= 0.3 is 5.97 Å². The maximum absolute atomic E-state index is 11.4. The third-order valence-electron chi connectivity index (χ3n) is 1.90. The number of esters is 1. The monoisotopic (exact) mass is 242 g/mol. The van der Waals surface area contributed by atoms with Crippen LogP contribution in [0.4, 0.5) is 0 Å². The van der Waals surface area contributed by atoms with Crippen LogP contribution in [0, 0.1) is 0 Å². The molecule has 0 atom stereocenters. The molecule has 0 unspecified atom stereocenters. The third-order valence-corrected chi connectivity index (χ3v) is 2.93. The fourth-order valence-electron chi connectivity index (χ4n) is 1.14. The van der Waals surface area contributed by atoms with E-state index in [4.69, 9.17) is 4.74 Å². The molecule has 0 bridgehead atoms. The molecule has 88 valence electrons. The maximum atomic E-state index is 11.4. The van der Waals surface area contributed by atoms with E-state index in [1.807, 2.05) is 0 Å². The molecule has 16 heavy (non-hydrogen) atoms. The van der Waals surface area contributed by atoms with Gasteiger partial charge in [0.15, 0.2) is 0 Å². The van der Waals surface area contributed by atoms with Crippen molar-refractivity contribution in [2.75, 3.05) is 18.6 Å². The zero-order chi connectivity index (χ0) is 12.0. The van der Waals surface area contributed by atoms with Crippen LogP contribution in [-0.4, -0.2) is 33.0 Å². The highest BCUT2D eigenvalue weighted by Gasteiger charge is 2.06. The van der Waals surface area contributed by atoms with Crippen molar-refractivity contribution >= 4 is 15.8 Å². The van der Waals surface area contributed by atoms with Crippen LogP contribution < -0.4 is 0 Å². The van der Waals surface area contributed by atoms with Crippen LogP contribution >= 0.6 is 0 Å². The summed E-state index contributed by atoms with van der Waals surface area (Å²) in [6, 6.07) is 8.60. The molecule has 0 radical (unpaired) electrons. The molecule has 0 heterocycles. The second kappa shape index (κ2) is 5.65. The molecule has 0 aliphatic heterocycles. The van der Waals surface area contributed by atoms with E-state index >= 15 is 0 Å². The molecule has 0 saturated heterocycles. The molecule has 0 spiro atoms. The quantitative estimate of drug-likeness (QED) is 0.576.